The Hall–Kier alpha value is -0.790. The molecule has 0 radical (unpaired) electrons. The number of hydrogen-bond acceptors (Lipinski definition) is 9. The van der Waals surface area contributed by atoms with Gasteiger partial charge in [0.1, 0.15) is 0 Å². The van der Waals surface area contributed by atoms with E-state index in [1.165, 1.54) is 0 Å². The molecule has 10 nitrogen and oxygen atoms in total. The second kappa shape index (κ2) is 10.9. The molecule has 220 valence electrons. The Morgan fingerprint density at radius 1 is 1.03 bits per heavy atom. The highest BCUT2D eigenvalue weighted by Crippen LogP contribution is 2.68. The van der Waals surface area contributed by atoms with Crippen LogP contribution < -0.4 is 5.32 Å². The third kappa shape index (κ3) is 6.25. The smallest absolute Gasteiger partial charge is 0.220 e. The van der Waals surface area contributed by atoms with E-state index in [1.54, 1.807) is 0 Å². The summed E-state index contributed by atoms with van der Waals surface area (Å²) in [6.45, 7) is 6.52. The molecule has 12 heteroatoms. The van der Waals surface area contributed by atoms with Gasteiger partial charge in [0, 0.05) is 13.0 Å². The zero-order chi connectivity index (χ0) is 28.1. The van der Waals surface area contributed by atoms with Crippen LogP contribution in [-0.4, -0.2) is 61.5 Å². The molecule has 38 heavy (non-hydrogen) atoms. The van der Waals surface area contributed by atoms with Crippen molar-refractivity contribution in [3.8, 4) is 0 Å². The van der Waals surface area contributed by atoms with Gasteiger partial charge in [-0.1, -0.05) is 20.8 Å². The Kier molecular flexibility index (Phi) is 8.65. The van der Waals surface area contributed by atoms with Crippen molar-refractivity contribution in [2.75, 3.05) is 12.3 Å². The second-order valence-electron chi connectivity index (χ2n) is 13.1. The van der Waals surface area contributed by atoms with Crippen molar-refractivity contribution in [1.29, 1.82) is 0 Å². The maximum Gasteiger partial charge on any atom is 0.220 e. The predicted octanol–water partition coefficient (Wildman–Crippen LogP) is 2.54. The first-order chi connectivity index (χ1) is 17.5. The third-order valence-corrected chi connectivity index (χ3v) is 12.3. The lowest BCUT2D eigenvalue weighted by Crippen LogP contribution is -2.59. The van der Waals surface area contributed by atoms with Crippen molar-refractivity contribution in [3.63, 3.8) is 0 Å². The molecule has 1 amide bonds. The largest absolute Gasteiger partial charge is 0.748 e. The summed E-state index contributed by atoms with van der Waals surface area (Å²) in [6.07, 6.45) is 6.31. The topological polar surface area (TPSA) is 173 Å². The lowest BCUT2D eigenvalue weighted by atomic mass is 9.43. The van der Waals surface area contributed by atoms with Crippen LogP contribution in [0.2, 0.25) is 0 Å². The van der Waals surface area contributed by atoms with Crippen LogP contribution in [0.5, 0.6) is 0 Å². The molecule has 4 aliphatic carbocycles. The van der Waals surface area contributed by atoms with Gasteiger partial charge >= 0.3 is 0 Å². The molecule has 0 bridgehead atoms. The number of amides is 1. The molecule has 0 heterocycles. The predicted molar refractivity (Wildman–Crippen MR) is 137 cm³/mol. The van der Waals surface area contributed by atoms with Crippen LogP contribution in [0.1, 0.15) is 85.0 Å². The molecule has 0 aromatic rings. The Labute approximate surface area is 227 Å². The highest BCUT2D eigenvalue weighted by molar-refractivity contribution is 7.85. The van der Waals surface area contributed by atoms with Crippen molar-refractivity contribution in [2.45, 2.75) is 97.2 Å². The highest BCUT2D eigenvalue weighted by Gasteiger charge is 2.63. The van der Waals surface area contributed by atoms with Crippen LogP contribution in [0.25, 0.3) is 0 Å². The lowest BCUT2D eigenvalue weighted by Gasteiger charge is -2.63. The fourth-order valence-electron chi connectivity index (χ4n) is 9.36. The van der Waals surface area contributed by atoms with Gasteiger partial charge in [0.25, 0.3) is 0 Å². The van der Waals surface area contributed by atoms with Gasteiger partial charge in [0.05, 0.1) is 28.1 Å². The van der Waals surface area contributed by atoms with E-state index in [1.807, 2.05) is 0 Å². The quantitative estimate of drug-likeness (QED) is 0.308. The van der Waals surface area contributed by atoms with Crippen molar-refractivity contribution in [3.05, 3.63) is 0 Å². The van der Waals surface area contributed by atoms with E-state index >= 15 is 0 Å². The van der Waals surface area contributed by atoms with Crippen molar-refractivity contribution >= 4 is 26.4 Å². The molecule has 2 N–H and O–H groups in total. The van der Waals surface area contributed by atoms with E-state index < -0.39 is 38.5 Å². The maximum absolute atomic E-state index is 12.2. The summed E-state index contributed by atoms with van der Waals surface area (Å²) in [7, 11) is -9.24. The zero-order valence-corrected chi connectivity index (χ0v) is 24.3. The number of carbonyl (C=O) groups excluding carboxylic acids is 1. The van der Waals surface area contributed by atoms with Gasteiger partial charge in [-0.3, -0.25) is 8.98 Å². The number of carbonyl (C=O) groups is 1. The molecule has 4 fully saturated rings. The van der Waals surface area contributed by atoms with E-state index in [2.05, 4.69) is 26.1 Å². The normalized spacial score (nSPS) is 42.0. The molecule has 0 aliphatic heterocycles. The van der Waals surface area contributed by atoms with Crippen LogP contribution in [0.3, 0.4) is 0 Å². The SMILES string of the molecule is C[C@H](CCC(=O)NCCS(=O)(=O)[O-])[C@H]1CC[C@H]2[C@@H]3[C@H](OS(=O)(=O)[O-])C[C@@H]4C[C@H](O)CC[C@]4(C)[C@H]3CC[C@]12C. The first kappa shape index (κ1) is 30.2. The fourth-order valence-corrected chi connectivity index (χ4v) is 10.2. The van der Waals surface area contributed by atoms with Gasteiger partial charge in [-0.25, -0.2) is 16.8 Å². The van der Waals surface area contributed by atoms with Gasteiger partial charge in [-0.05, 0) is 104 Å². The van der Waals surface area contributed by atoms with Gasteiger partial charge in [0.2, 0.25) is 16.3 Å². The zero-order valence-electron chi connectivity index (χ0n) is 22.6. The van der Waals surface area contributed by atoms with Crippen LogP contribution in [0.4, 0.5) is 0 Å². The van der Waals surface area contributed by atoms with Crippen LogP contribution in [0, 0.1) is 46.3 Å². The Balaban J connectivity index is 1.48. The molecule has 4 rings (SSSR count). The average Bonchev–Trinajstić information content (AvgIpc) is 3.14. The fraction of sp³-hybridized carbons (Fsp3) is 0.962. The van der Waals surface area contributed by atoms with Crippen LogP contribution in [0.15, 0.2) is 0 Å². The summed E-state index contributed by atoms with van der Waals surface area (Å²) in [5.41, 5.74) is -0.0869. The van der Waals surface area contributed by atoms with E-state index in [4.69, 9.17) is 4.18 Å². The summed E-state index contributed by atoms with van der Waals surface area (Å²) in [6, 6.07) is 0. The lowest BCUT2D eigenvalue weighted by molar-refractivity contribution is -0.168. The van der Waals surface area contributed by atoms with E-state index in [9.17, 15) is 35.8 Å². The maximum atomic E-state index is 12.2. The molecule has 0 aromatic carbocycles. The number of hydrogen-bond donors (Lipinski definition) is 2. The van der Waals surface area contributed by atoms with Crippen LogP contribution in [-0.2, 0) is 29.5 Å². The molecule has 0 spiro atoms. The number of fused-ring (bicyclic) bond motifs is 5. The minimum atomic E-state index is -4.87. The van der Waals surface area contributed by atoms with Gasteiger partial charge in [-0.2, -0.15) is 0 Å². The van der Waals surface area contributed by atoms with Crippen LogP contribution >= 0.6 is 0 Å². The molecule has 0 aromatic heterocycles. The van der Waals surface area contributed by atoms with E-state index in [0.717, 1.165) is 38.5 Å². The summed E-state index contributed by atoms with van der Waals surface area (Å²) in [5, 5.41) is 12.9. The Morgan fingerprint density at radius 2 is 1.68 bits per heavy atom. The van der Waals surface area contributed by atoms with Crippen molar-refractivity contribution in [2.24, 2.45) is 46.3 Å². The molecule has 0 saturated heterocycles. The van der Waals surface area contributed by atoms with Crippen molar-refractivity contribution < 1.29 is 40.0 Å². The van der Waals surface area contributed by atoms with Gasteiger partial charge in [-0.15, -0.1) is 0 Å². The molecule has 0 unspecified atom stereocenters. The second-order valence-corrected chi connectivity index (χ2v) is 15.6. The molecule has 10 atom stereocenters. The minimum Gasteiger partial charge on any atom is -0.748 e. The van der Waals surface area contributed by atoms with Crippen molar-refractivity contribution in [1.82, 2.24) is 5.32 Å². The number of aliphatic hydroxyl groups excluding tert-OH is 1. The Bertz CT molecular complexity index is 1100. The first-order valence-electron chi connectivity index (χ1n) is 14.1. The number of aliphatic hydroxyl groups is 1. The summed E-state index contributed by atoms with van der Waals surface area (Å²) < 4.78 is 72.9. The summed E-state index contributed by atoms with van der Waals surface area (Å²) in [4.78, 5) is 12.2. The summed E-state index contributed by atoms with van der Waals surface area (Å²) >= 11 is 0. The van der Waals surface area contributed by atoms with Gasteiger partial charge < -0.3 is 19.5 Å². The highest BCUT2D eigenvalue weighted by atomic mass is 32.3. The monoisotopic (exact) mass is 577 g/mol. The third-order valence-electron chi connectivity index (χ3n) is 11.1. The molecule has 4 saturated carbocycles. The van der Waals surface area contributed by atoms with E-state index in [-0.39, 0.29) is 59.3 Å². The van der Waals surface area contributed by atoms with E-state index in [0.29, 0.717) is 25.2 Å². The number of rotatable bonds is 9. The Morgan fingerprint density at radius 3 is 2.34 bits per heavy atom. The van der Waals surface area contributed by atoms with Gasteiger partial charge in [0.15, 0.2) is 0 Å². The molecular weight excluding hydrogens is 534 g/mol. The average molecular weight is 578 g/mol. The minimum absolute atomic E-state index is 0.0168. The summed E-state index contributed by atoms with van der Waals surface area (Å²) in [5.74, 6) is 0.167. The number of nitrogens with one attached hydrogen (secondary N) is 1. The standard InChI is InChI=1S/C26H45NO9S2/c1-16(4-7-23(29)27-12-13-37(30,31)32)19-5-6-20-24-21(9-11-26(19,20)3)25(2)10-8-18(28)14-17(25)15-22(24)36-38(33,34)35/h16-22,24,28H,4-15H2,1-3H3,(H,27,29)(H,30,31,32)(H,33,34,35)/p-2/t16-,17+,18-,19-,20+,21+,22-,24+,25+,26-/m1/s1. The molecular formula is C26H43NO9S2-2. The molecule has 4 aliphatic rings. The first-order valence-corrected chi connectivity index (χ1v) is 17.0.